The van der Waals surface area contributed by atoms with Gasteiger partial charge in [0.15, 0.2) is 0 Å². The molecule has 0 radical (unpaired) electrons. The minimum absolute atomic E-state index is 0.609. The third-order valence-corrected chi connectivity index (χ3v) is 3.27. The minimum Gasteiger partial charge on any atom is -0.368 e. The molecule has 1 aromatic rings. The molecule has 0 unspecified atom stereocenters. The molecule has 0 aliphatic heterocycles. The second kappa shape index (κ2) is 5.02. The Hall–Kier alpha value is -0.800. The molecule has 1 aliphatic rings. The van der Waals surface area contributed by atoms with E-state index in [1.165, 1.54) is 12.8 Å². The highest BCUT2D eigenvalue weighted by molar-refractivity contribution is 6.30. The van der Waals surface area contributed by atoms with Crippen molar-refractivity contribution in [3.63, 3.8) is 0 Å². The number of hydrogen-bond acceptors (Lipinski definition) is 3. The number of halogens is 1. The lowest BCUT2D eigenvalue weighted by Gasteiger charge is -2.24. The first-order valence-electron chi connectivity index (χ1n) is 5.68. The normalized spacial score (nSPS) is 17.5. The van der Waals surface area contributed by atoms with E-state index in [4.69, 9.17) is 11.6 Å². The van der Waals surface area contributed by atoms with Gasteiger partial charge in [0.2, 0.25) is 0 Å². The summed E-state index contributed by atoms with van der Waals surface area (Å²) in [4.78, 5) is 6.52. The van der Waals surface area contributed by atoms with Crippen LogP contribution in [0.5, 0.6) is 0 Å². The summed E-state index contributed by atoms with van der Waals surface area (Å²) in [5, 5.41) is 4.04. The standard InChI is InChI=1S/C12H18ClN3/c1-16(2)11(9-3-4-9)8-15-12-6-5-10(13)7-14-12/h5-7,9,11H,3-4,8H2,1-2H3,(H,14,15)/t11-/m0/s1. The van der Waals surface area contributed by atoms with Crippen LogP contribution in [-0.4, -0.2) is 36.6 Å². The van der Waals surface area contributed by atoms with E-state index in [2.05, 4.69) is 29.3 Å². The maximum absolute atomic E-state index is 5.79. The number of nitrogens with one attached hydrogen (secondary N) is 1. The molecule has 2 rings (SSSR count). The van der Waals surface area contributed by atoms with Gasteiger partial charge in [0.25, 0.3) is 0 Å². The molecule has 1 fully saturated rings. The topological polar surface area (TPSA) is 28.2 Å². The number of aromatic nitrogens is 1. The molecular formula is C12H18ClN3. The summed E-state index contributed by atoms with van der Waals surface area (Å²) in [6.45, 7) is 0.951. The summed E-state index contributed by atoms with van der Waals surface area (Å²) < 4.78 is 0. The van der Waals surface area contributed by atoms with Crippen LogP contribution in [0.1, 0.15) is 12.8 Å². The van der Waals surface area contributed by atoms with Gasteiger partial charge in [-0.05, 0) is 45.0 Å². The molecule has 1 heterocycles. The van der Waals surface area contributed by atoms with Gasteiger partial charge in [-0.25, -0.2) is 4.98 Å². The van der Waals surface area contributed by atoms with E-state index in [0.717, 1.165) is 18.3 Å². The average molecular weight is 240 g/mol. The minimum atomic E-state index is 0.609. The molecule has 0 spiro atoms. The van der Waals surface area contributed by atoms with Crippen molar-refractivity contribution in [3.05, 3.63) is 23.4 Å². The molecule has 1 saturated carbocycles. The maximum Gasteiger partial charge on any atom is 0.126 e. The van der Waals surface area contributed by atoms with E-state index in [-0.39, 0.29) is 0 Å². The number of pyridine rings is 1. The molecule has 88 valence electrons. The predicted molar refractivity (Wildman–Crippen MR) is 67.9 cm³/mol. The molecule has 0 aromatic carbocycles. The molecule has 0 saturated heterocycles. The second-order valence-corrected chi connectivity index (χ2v) is 5.05. The monoisotopic (exact) mass is 239 g/mol. The first-order chi connectivity index (χ1) is 7.66. The largest absolute Gasteiger partial charge is 0.368 e. The molecular weight excluding hydrogens is 222 g/mol. The van der Waals surface area contributed by atoms with Crippen LogP contribution in [0.4, 0.5) is 5.82 Å². The molecule has 1 aliphatic carbocycles. The van der Waals surface area contributed by atoms with Crippen molar-refractivity contribution in [2.75, 3.05) is 26.0 Å². The Balaban J connectivity index is 1.87. The smallest absolute Gasteiger partial charge is 0.126 e. The zero-order valence-corrected chi connectivity index (χ0v) is 10.5. The highest BCUT2D eigenvalue weighted by atomic mass is 35.5. The zero-order valence-electron chi connectivity index (χ0n) is 9.78. The van der Waals surface area contributed by atoms with Crippen LogP contribution in [0.15, 0.2) is 18.3 Å². The van der Waals surface area contributed by atoms with Crippen LogP contribution in [0.3, 0.4) is 0 Å². The van der Waals surface area contributed by atoms with Crippen LogP contribution in [0.2, 0.25) is 5.02 Å². The van der Waals surface area contributed by atoms with Crippen molar-refractivity contribution in [2.45, 2.75) is 18.9 Å². The molecule has 1 N–H and O–H groups in total. The van der Waals surface area contributed by atoms with Crippen molar-refractivity contribution < 1.29 is 0 Å². The Labute approximate surface area is 102 Å². The predicted octanol–water partition coefficient (Wildman–Crippen LogP) is 2.49. The average Bonchev–Trinajstić information content (AvgIpc) is 3.05. The Kier molecular flexibility index (Phi) is 3.66. The van der Waals surface area contributed by atoms with Gasteiger partial charge in [-0.1, -0.05) is 11.6 Å². The van der Waals surface area contributed by atoms with E-state index in [1.54, 1.807) is 6.20 Å². The van der Waals surface area contributed by atoms with Crippen LogP contribution in [0.25, 0.3) is 0 Å². The number of nitrogens with zero attached hydrogens (tertiary/aromatic N) is 2. The highest BCUT2D eigenvalue weighted by Crippen LogP contribution is 2.34. The van der Waals surface area contributed by atoms with Crippen molar-refractivity contribution >= 4 is 17.4 Å². The van der Waals surface area contributed by atoms with Gasteiger partial charge in [0.05, 0.1) is 5.02 Å². The fourth-order valence-corrected chi connectivity index (χ4v) is 2.05. The lowest BCUT2D eigenvalue weighted by Crippen LogP contribution is -2.36. The molecule has 3 nitrogen and oxygen atoms in total. The zero-order chi connectivity index (χ0) is 11.5. The number of likely N-dealkylation sites (N-methyl/N-ethyl adjacent to an activating group) is 1. The first kappa shape index (κ1) is 11.7. The van der Waals surface area contributed by atoms with E-state index in [1.807, 2.05) is 12.1 Å². The molecule has 0 amide bonds. The Morgan fingerprint density at radius 3 is 2.75 bits per heavy atom. The summed E-state index contributed by atoms with van der Waals surface area (Å²) in [5.41, 5.74) is 0. The van der Waals surface area contributed by atoms with E-state index >= 15 is 0 Å². The highest BCUT2D eigenvalue weighted by Gasteiger charge is 2.32. The van der Waals surface area contributed by atoms with Crippen molar-refractivity contribution in [1.29, 1.82) is 0 Å². The van der Waals surface area contributed by atoms with Crippen LogP contribution < -0.4 is 5.32 Å². The first-order valence-corrected chi connectivity index (χ1v) is 6.06. The summed E-state index contributed by atoms with van der Waals surface area (Å²) >= 11 is 5.79. The van der Waals surface area contributed by atoms with Crippen LogP contribution >= 0.6 is 11.6 Å². The lowest BCUT2D eigenvalue weighted by molar-refractivity contribution is 0.276. The second-order valence-electron chi connectivity index (χ2n) is 4.61. The van der Waals surface area contributed by atoms with Gasteiger partial charge in [-0.2, -0.15) is 0 Å². The quantitative estimate of drug-likeness (QED) is 0.856. The van der Waals surface area contributed by atoms with Gasteiger partial charge in [0.1, 0.15) is 5.82 Å². The molecule has 16 heavy (non-hydrogen) atoms. The van der Waals surface area contributed by atoms with Gasteiger partial charge in [-0.15, -0.1) is 0 Å². The summed E-state index contributed by atoms with van der Waals surface area (Å²) in [6, 6.07) is 4.39. The Morgan fingerprint density at radius 1 is 1.50 bits per heavy atom. The fraction of sp³-hybridized carbons (Fsp3) is 0.583. The number of rotatable bonds is 5. The van der Waals surface area contributed by atoms with E-state index in [9.17, 15) is 0 Å². The van der Waals surface area contributed by atoms with E-state index in [0.29, 0.717) is 11.1 Å². The number of anilines is 1. The summed E-state index contributed by atoms with van der Waals surface area (Å²) in [6.07, 6.45) is 4.39. The van der Waals surface area contributed by atoms with Crippen molar-refractivity contribution in [2.24, 2.45) is 5.92 Å². The van der Waals surface area contributed by atoms with Gasteiger partial charge < -0.3 is 10.2 Å². The molecule has 0 bridgehead atoms. The maximum atomic E-state index is 5.79. The van der Waals surface area contributed by atoms with Crippen molar-refractivity contribution in [3.8, 4) is 0 Å². The lowest BCUT2D eigenvalue weighted by atomic mass is 10.1. The summed E-state index contributed by atoms with van der Waals surface area (Å²) in [7, 11) is 4.28. The Bertz CT molecular complexity index is 331. The van der Waals surface area contributed by atoms with Crippen molar-refractivity contribution in [1.82, 2.24) is 9.88 Å². The van der Waals surface area contributed by atoms with Gasteiger partial charge >= 0.3 is 0 Å². The number of hydrogen-bond donors (Lipinski definition) is 1. The molecule has 1 atom stereocenters. The van der Waals surface area contributed by atoms with Crippen LogP contribution in [0, 0.1) is 5.92 Å². The summed E-state index contributed by atoms with van der Waals surface area (Å²) in [5.74, 6) is 1.76. The fourth-order valence-electron chi connectivity index (χ4n) is 1.94. The van der Waals surface area contributed by atoms with Crippen LogP contribution in [-0.2, 0) is 0 Å². The molecule has 4 heteroatoms. The third kappa shape index (κ3) is 3.09. The SMILES string of the molecule is CN(C)[C@@H](CNc1ccc(Cl)cn1)C1CC1. The molecule has 1 aromatic heterocycles. The van der Waals surface area contributed by atoms with Gasteiger partial charge in [-0.3, -0.25) is 0 Å². The van der Waals surface area contributed by atoms with E-state index < -0.39 is 0 Å². The third-order valence-electron chi connectivity index (χ3n) is 3.05. The van der Waals surface area contributed by atoms with Gasteiger partial charge in [0, 0.05) is 18.8 Å². The Morgan fingerprint density at radius 2 is 2.25 bits per heavy atom.